The first kappa shape index (κ1) is 21.4. The summed E-state index contributed by atoms with van der Waals surface area (Å²) in [4.78, 5) is 28.8. The number of nitrogens with one attached hydrogen (secondary N) is 1. The van der Waals surface area contributed by atoms with Gasteiger partial charge in [-0.2, -0.15) is 0 Å². The van der Waals surface area contributed by atoms with Crippen molar-refractivity contribution in [3.8, 4) is 5.75 Å². The summed E-state index contributed by atoms with van der Waals surface area (Å²) in [6, 6.07) is 10.2. The van der Waals surface area contributed by atoms with Gasteiger partial charge in [0.1, 0.15) is 12.1 Å². The van der Waals surface area contributed by atoms with Gasteiger partial charge in [-0.05, 0) is 44.0 Å². The Morgan fingerprint density at radius 2 is 1.86 bits per heavy atom. The Bertz CT molecular complexity index is 824. The topological polar surface area (TPSA) is 97.8 Å². The lowest BCUT2D eigenvalue weighted by Gasteiger charge is -2.24. The van der Waals surface area contributed by atoms with Crippen molar-refractivity contribution in [1.82, 2.24) is 10.3 Å². The molecule has 1 aromatic heterocycles. The van der Waals surface area contributed by atoms with E-state index < -0.39 is 24.7 Å². The lowest BCUT2D eigenvalue weighted by atomic mass is 9.92. The maximum absolute atomic E-state index is 12.4. The summed E-state index contributed by atoms with van der Waals surface area (Å²) in [7, 11) is 0. The highest BCUT2D eigenvalue weighted by atomic mass is 16.6. The summed E-state index contributed by atoms with van der Waals surface area (Å²) < 4.78 is 10.5. The van der Waals surface area contributed by atoms with Crippen molar-refractivity contribution in [2.45, 2.75) is 45.8 Å². The van der Waals surface area contributed by atoms with Gasteiger partial charge >= 0.3 is 5.97 Å². The number of hydrogen-bond acceptors (Lipinski definition) is 6. The summed E-state index contributed by atoms with van der Waals surface area (Å²) in [6.45, 7) is 6.80. The number of nitrogens with zero attached hydrogens (tertiary/aromatic N) is 1. The van der Waals surface area contributed by atoms with E-state index in [0.29, 0.717) is 0 Å². The molecule has 0 unspecified atom stereocenters. The average molecular weight is 386 g/mol. The van der Waals surface area contributed by atoms with E-state index in [-0.39, 0.29) is 23.5 Å². The average Bonchev–Trinajstić information content (AvgIpc) is 2.68. The Hall–Kier alpha value is -2.93. The molecule has 0 aliphatic heterocycles. The Labute approximate surface area is 164 Å². The van der Waals surface area contributed by atoms with Crippen LogP contribution < -0.4 is 10.1 Å². The van der Waals surface area contributed by atoms with Gasteiger partial charge in [0.15, 0.2) is 18.2 Å². The maximum atomic E-state index is 12.4. The van der Waals surface area contributed by atoms with Crippen LogP contribution in [0.2, 0.25) is 0 Å². The van der Waals surface area contributed by atoms with Crippen LogP contribution in [-0.2, 0) is 9.53 Å². The summed E-state index contributed by atoms with van der Waals surface area (Å²) in [6.07, 6.45) is 1.06. The van der Waals surface area contributed by atoms with E-state index in [9.17, 15) is 9.59 Å². The molecule has 2 rings (SSSR count). The van der Waals surface area contributed by atoms with E-state index >= 15 is 0 Å². The quantitative estimate of drug-likeness (QED) is 0.535. The maximum Gasteiger partial charge on any atom is 0.328 e. The molecular weight excluding hydrogens is 360 g/mol. The standard InChI is InChI=1S/C21H26N2O5/c1-13-8-5-6-9-17(13)14(2)16(4)28-21(26)15(3)23-20(25)19-18(27-12-24)10-7-11-22-19/h5-11,14-16,24H,12H2,1-4H3,(H,23,25)/t14-,15+,16+/m1/s1. The molecule has 3 atom stereocenters. The molecule has 2 N–H and O–H groups in total. The first-order valence-corrected chi connectivity index (χ1v) is 9.10. The predicted octanol–water partition coefficient (Wildman–Crippen LogP) is 2.57. The van der Waals surface area contributed by atoms with Crippen LogP contribution >= 0.6 is 0 Å². The van der Waals surface area contributed by atoms with Crippen LogP contribution in [0.15, 0.2) is 42.6 Å². The summed E-state index contributed by atoms with van der Waals surface area (Å²) >= 11 is 0. The molecule has 0 saturated heterocycles. The Balaban J connectivity index is 1.99. The van der Waals surface area contributed by atoms with E-state index in [0.717, 1.165) is 11.1 Å². The molecule has 0 saturated carbocycles. The molecule has 0 radical (unpaired) electrons. The van der Waals surface area contributed by atoms with Crippen molar-refractivity contribution in [1.29, 1.82) is 0 Å². The van der Waals surface area contributed by atoms with Gasteiger partial charge in [0.05, 0.1) is 0 Å². The molecule has 150 valence electrons. The second-order valence-corrected chi connectivity index (χ2v) is 6.61. The molecule has 0 aliphatic rings. The van der Waals surface area contributed by atoms with E-state index in [1.807, 2.05) is 45.0 Å². The summed E-state index contributed by atoms with van der Waals surface area (Å²) in [5.74, 6) is -0.993. The van der Waals surface area contributed by atoms with Gasteiger partial charge in [-0.25, -0.2) is 9.78 Å². The zero-order chi connectivity index (χ0) is 20.7. The minimum atomic E-state index is -0.872. The fourth-order valence-electron chi connectivity index (χ4n) is 2.81. The molecule has 7 heteroatoms. The van der Waals surface area contributed by atoms with Crippen molar-refractivity contribution in [3.05, 3.63) is 59.4 Å². The highest BCUT2D eigenvalue weighted by Gasteiger charge is 2.25. The lowest BCUT2D eigenvalue weighted by Crippen LogP contribution is -2.41. The number of aliphatic hydroxyl groups is 1. The van der Waals surface area contributed by atoms with Crippen LogP contribution in [0.4, 0.5) is 0 Å². The summed E-state index contributed by atoms with van der Waals surface area (Å²) in [5, 5.41) is 11.5. The number of amides is 1. The number of aromatic nitrogens is 1. The third-order valence-corrected chi connectivity index (χ3v) is 4.59. The van der Waals surface area contributed by atoms with Crippen LogP contribution in [0.1, 0.15) is 48.3 Å². The molecule has 0 aliphatic carbocycles. The highest BCUT2D eigenvalue weighted by Crippen LogP contribution is 2.24. The monoisotopic (exact) mass is 386 g/mol. The van der Waals surface area contributed by atoms with Gasteiger partial charge in [-0.15, -0.1) is 0 Å². The van der Waals surface area contributed by atoms with E-state index in [2.05, 4.69) is 10.3 Å². The number of hydrogen-bond donors (Lipinski definition) is 2. The number of ether oxygens (including phenoxy) is 2. The Kier molecular flexibility index (Phi) is 7.52. The first-order valence-electron chi connectivity index (χ1n) is 9.10. The molecule has 0 spiro atoms. The fraction of sp³-hybridized carbons (Fsp3) is 0.381. The number of benzene rings is 1. The number of rotatable bonds is 8. The minimum Gasteiger partial charge on any atom is -0.465 e. The predicted molar refractivity (Wildman–Crippen MR) is 104 cm³/mol. The normalized spacial score (nSPS) is 13.9. The van der Waals surface area contributed by atoms with Crippen LogP contribution in [0.3, 0.4) is 0 Å². The lowest BCUT2D eigenvalue weighted by molar-refractivity contribution is -0.151. The third kappa shape index (κ3) is 5.29. The van der Waals surface area contributed by atoms with E-state index in [1.54, 1.807) is 13.0 Å². The number of carbonyl (C=O) groups excluding carboxylic acids is 2. The van der Waals surface area contributed by atoms with Crippen LogP contribution in [0.5, 0.6) is 5.75 Å². The van der Waals surface area contributed by atoms with Crippen LogP contribution in [0, 0.1) is 6.92 Å². The van der Waals surface area contributed by atoms with Crippen molar-refractivity contribution < 1.29 is 24.2 Å². The van der Waals surface area contributed by atoms with Gasteiger partial charge in [0, 0.05) is 12.1 Å². The molecule has 0 bridgehead atoms. The Morgan fingerprint density at radius 1 is 1.14 bits per heavy atom. The molecule has 28 heavy (non-hydrogen) atoms. The number of pyridine rings is 1. The van der Waals surface area contributed by atoms with Gasteiger partial charge < -0.3 is 19.9 Å². The Morgan fingerprint density at radius 3 is 2.54 bits per heavy atom. The number of esters is 1. The van der Waals surface area contributed by atoms with Gasteiger partial charge in [-0.1, -0.05) is 31.2 Å². The molecular formula is C21H26N2O5. The van der Waals surface area contributed by atoms with Crippen LogP contribution in [-0.4, -0.2) is 40.9 Å². The van der Waals surface area contributed by atoms with Crippen molar-refractivity contribution in [3.63, 3.8) is 0 Å². The molecule has 1 heterocycles. The van der Waals surface area contributed by atoms with Crippen molar-refractivity contribution >= 4 is 11.9 Å². The number of aliphatic hydroxyl groups excluding tert-OH is 1. The minimum absolute atomic E-state index is 0.00778. The largest absolute Gasteiger partial charge is 0.465 e. The second-order valence-electron chi connectivity index (χ2n) is 6.61. The molecule has 2 aromatic rings. The van der Waals surface area contributed by atoms with Crippen molar-refractivity contribution in [2.24, 2.45) is 0 Å². The van der Waals surface area contributed by atoms with Crippen molar-refractivity contribution in [2.75, 3.05) is 6.79 Å². The second kappa shape index (κ2) is 9.85. The zero-order valence-electron chi connectivity index (χ0n) is 16.5. The molecule has 0 fully saturated rings. The third-order valence-electron chi connectivity index (χ3n) is 4.59. The molecule has 1 amide bonds. The first-order chi connectivity index (χ1) is 13.3. The van der Waals surface area contributed by atoms with Gasteiger partial charge in [0.2, 0.25) is 0 Å². The summed E-state index contributed by atoms with van der Waals surface area (Å²) in [5.41, 5.74) is 2.22. The van der Waals surface area contributed by atoms with Crippen LogP contribution in [0.25, 0.3) is 0 Å². The number of carbonyl (C=O) groups is 2. The molecule has 7 nitrogen and oxygen atoms in total. The number of aryl methyl sites for hydroxylation is 1. The van der Waals surface area contributed by atoms with Gasteiger partial charge in [-0.3, -0.25) is 4.79 Å². The fourth-order valence-corrected chi connectivity index (χ4v) is 2.81. The zero-order valence-corrected chi connectivity index (χ0v) is 16.5. The SMILES string of the molecule is Cc1ccccc1[C@H](C)[C@H](C)OC(=O)[C@H](C)NC(=O)c1ncccc1OCO. The van der Waals surface area contributed by atoms with E-state index in [1.165, 1.54) is 12.3 Å². The highest BCUT2D eigenvalue weighted by molar-refractivity contribution is 5.97. The molecule has 1 aromatic carbocycles. The van der Waals surface area contributed by atoms with E-state index in [4.69, 9.17) is 14.6 Å². The van der Waals surface area contributed by atoms with Gasteiger partial charge in [0.25, 0.3) is 5.91 Å². The smallest absolute Gasteiger partial charge is 0.328 e.